The summed E-state index contributed by atoms with van der Waals surface area (Å²) in [6, 6.07) is 24.2. The van der Waals surface area contributed by atoms with Crippen molar-refractivity contribution >= 4 is 17.7 Å². The van der Waals surface area contributed by atoms with Crippen molar-refractivity contribution in [1.29, 1.82) is 0 Å². The number of pyridine rings is 1. The molecule has 0 spiro atoms. The molecule has 0 aliphatic heterocycles. The fraction of sp³-hybridized carbons (Fsp3) is 0.231. The number of nitrogens with one attached hydrogen (secondary N) is 1. The largest absolute Gasteiger partial charge is 0.344 e. The number of thioether (sulfide) groups is 1. The molecule has 1 aliphatic carbocycles. The lowest BCUT2D eigenvalue weighted by molar-refractivity contribution is -0.120. The molecule has 2 aromatic carbocycles. The smallest absolute Gasteiger partial charge is 0.234 e. The third-order valence-electron chi connectivity index (χ3n) is 5.72. The maximum Gasteiger partial charge on any atom is 0.234 e. The second-order valence-electron chi connectivity index (χ2n) is 8.17. The van der Waals surface area contributed by atoms with Gasteiger partial charge in [-0.05, 0) is 43.0 Å². The maximum absolute atomic E-state index is 13.3. The molecule has 1 atom stereocenters. The van der Waals surface area contributed by atoms with E-state index >= 15 is 0 Å². The SMILES string of the molecule is C[C@@H](Sc1nnc(-c2ccncc2)n1C1CC1)C(=O)NC(c1ccccc1)c1ccccc1. The van der Waals surface area contributed by atoms with E-state index in [0.717, 1.165) is 40.5 Å². The Morgan fingerprint density at radius 2 is 1.55 bits per heavy atom. The van der Waals surface area contributed by atoms with E-state index in [-0.39, 0.29) is 17.2 Å². The molecule has 6 nitrogen and oxygen atoms in total. The van der Waals surface area contributed by atoms with Gasteiger partial charge in [-0.1, -0.05) is 72.4 Å². The van der Waals surface area contributed by atoms with Gasteiger partial charge in [-0.25, -0.2) is 0 Å². The first-order valence-electron chi connectivity index (χ1n) is 11.1. The van der Waals surface area contributed by atoms with Crippen LogP contribution in [0.4, 0.5) is 0 Å². The molecule has 1 aliphatic rings. The van der Waals surface area contributed by atoms with Gasteiger partial charge in [0.1, 0.15) is 0 Å². The predicted molar refractivity (Wildman–Crippen MR) is 130 cm³/mol. The number of aromatic nitrogens is 4. The highest BCUT2D eigenvalue weighted by molar-refractivity contribution is 8.00. The van der Waals surface area contributed by atoms with Crippen LogP contribution in [0.2, 0.25) is 0 Å². The van der Waals surface area contributed by atoms with Crippen molar-refractivity contribution in [2.24, 2.45) is 0 Å². The van der Waals surface area contributed by atoms with E-state index in [2.05, 4.69) is 25.1 Å². The van der Waals surface area contributed by atoms with Gasteiger partial charge in [0.25, 0.3) is 0 Å². The van der Waals surface area contributed by atoms with Crippen LogP contribution < -0.4 is 5.32 Å². The summed E-state index contributed by atoms with van der Waals surface area (Å²) in [5.41, 5.74) is 3.09. The number of carbonyl (C=O) groups excluding carboxylic acids is 1. The van der Waals surface area contributed by atoms with E-state index in [1.807, 2.05) is 79.7 Å². The van der Waals surface area contributed by atoms with Crippen LogP contribution in [0.25, 0.3) is 11.4 Å². The van der Waals surface area contributed by atoms with Crippen LogP contribution in [0.3, 0.4) is 0 Å². The van der Waals surface area contributed by atoms with E-state index < -0.39 is 0 Å². The number of hydrogen-bond acceptors (Lipinski definition) is 5. The molecule has 0 unspecified atom stereocenters. The first-order chi connectivity index (χ1) is 16.2. The standard InChI is InChI=1S/C26H25N5OS/c1-18(25(32)28-23(19-8-4-2-5-9-19)20-10-6-3-7-11-20)33-26-30-29-24(31(26)22-12-13-22)21-14-16-27-17-15-21/h2-11,14-18,22-23H,12-13H2,1H3,(H,28,32)/t18-/m1/s1. The average molecular weight is 456 g/mol. The fourth-order valence-electron chi connectivity index (χ4n) is 3.84. The Morgan fingerprint density at radius 3 is 2.12 bits per heavy atom. The van der Waals surface area contributed by atoms with Crippen LogP contribution >= 0.6 is 11.8 Å². The minimum atomic E-state index is -0.327. The summed E-state index contributed by atoms with van der Waals surface area (Å²) >= 11 is 1.46. The molecule has 2 heterocycles. The zero-order valence-electron chi connectivity index (χ0n) is 18.3. The van der Waals surface area contributed by atoms with Gasteiger partial charge in [0.2, 0.25) is 5.91 Å². The molecular weight excluding hydrogens is 430 g/mol. The van der Waals surface area contributed by atoms with E-state index in [1.165, 1.54) is 11.8 Å². The Balaban J connectivity index is 1.36. The molecule has 2 aromatic heterocycles. The summed E-state index contributed by atoms with van der Waals surface area (Å²) in [4.78, 5) is 17.4. The number of hydrogen-bond donors (Lipinski definition) is 1. The molecule has 166 valence electrons. The molecule has 1 fully saturated rings. The normalized spacial score (nSPS) is 14.2. The number of nitrogens with zero attached hydrogens (tertiary/aromatic N) is 4. The second-order valence-corrected chi connectivity index (χ2v) is 9.47. The van der Waals surface area contributed by atoms with E-state index in [9.17, 15) is 4.79 Å². The van der Waals surface area contributed by atoms with Crippen molar-refractivity contribution in [2.75, 3.05) is 0 Å². The molecular formula is C26H25N5OS. The predicted octanol–water partition coefficient (Wildman–Crippen LogP) is 5.06. The van der Waals surface area contributed by atoms with Crippen molar-refractivity contribution in [3.63, 3.8) is 0 Å². The van der Waals surface area contributed by atoms with Crippen molar-refractivity contribution < 1.29 is 4.79 Å². The molecule has 0 radical (unpaired) electrons. The average Bonchev–Trinajstić information content (AvgIpc) is 3.63. The topological polar surface area (TPSA) is 72.7 Å². The fourth-order valence-corrected chi connectivity index (χ4v) is 4.77. The van der Waals surface area contributed by atoms with Gasteiger partial charge in [0.15, 0.2) is 11.0 Å². The van der Waals surface area contributed by atoms with Crippen molar-refractivity contribution in [3.05, 3.63) is 96.3 Å². The van der Waals surface area contributed by atoms with Gasteiger partial charge in [-0.3, -0.25) is 14.3 Å². The van der Waals surface area contributed by atoms with Crippen molar-refractivity contribution in [3.8, 4) is 11.4 Å². The summed E-state index contributed by atoms with van der Waals surface area (Å²) in [7, 11) is 0. The van der Waals surface area contributed by atoms with E-state index in [1.54, 1.807) is 12.4 Å². The Labute approximate surface area is 197 Å². The summed E-state index contributed by atoms with van der Waals surface area (Å²) in [5.74, 6) is 0.801. The molecule has 33 heavy (non-hydrogen) atoms. The number of carbonyl (C=O) groups is 1. The zero-order chi connectivity index (χ0) is 22.6. The molecule has 4 aromatic rings. The van der Waals surface area contributed by atoms with Gasteiger partial charge in [0, 0.05) is 24.0 Å². The lowest BCUT2D eigenvalue weighted by Crippen LogP contribution is -2.35. The third kappa shape index (κ3) is 4.83. The monoisotopic (exact) mass is 455 g/mol. The van der Waals surface area contributed by atoms with Gasteiger partial charge in [0.05, 0.1) is 11.3 Å². The van der Waals surface area contributed by atoms with Gasteiger partial charge >= 0.3 is 0 Å². The highest BCUT2D eigenvalue weighted by Crippen LogP contribution is 2.41. The van der Waals surface area contributed by atoms with Crippen LogP contribution in [0, 0.1) is 0 Å². The summed E-state index contributed by atoms with van der Waals surface area (Å²) in [6.07, 6.45) is 5.73. The highest BCUT2D eigenvalue weighted by atomic mass is 32.2. The number of benzene rings is 2. The second kappa shape index (κ2) is 9.58. The van der Waals surface area contributed by atoms with Crippen molar-refractivity contribution in [2.45, 2.75) is 42.3 Å². The van der Waals surface area contributed by atoms with Gasteiger partial charge in [-0.15, -0.1) is 10.2 Å². The maximum atomic E-state index is 13.3. The van der Waals surface area contributed by atoms with E-state index in [4.69, 9.17) is 0 Å². The molecule has 1 saturated carbocycles. The Hall–Kier alpha value is -3.45. The molecule has 0 saturated heterocycles. The lowest BCUT2D eigenvalue weighted by Gasteiger charge is -2.22. The van der Waals surface area contributed by atoms with Crippen LogP contribution in [-0.2, 0) is 4.79 Å². The Morgan fingerprint density at radius 1 is 0.939 bits per heavy atom. The first kappa shape index (κ1) is 21.4. The Bertz CT molecular complexity index is 1170. The minimum absolute atomic E-state index is 0.0338. The molecule has 7 heteroatoms. The van der Waals surface area contributed by atoms with E-state index in [0.29, 0.717) is 6.04 Å². The number of amides is 1. The minimum Gasteiger partial charge on any atom is -0.344 e. The summed E-state index contributed by atoms with van der Waals surface area (Å²) < 4.78 is 2.18. The zero-order valence-corrected chi connectivity index (χ0v) is 19.2. The highest BCUT2D eigenvalue weighted by Gasteiger charge is 2.32. The first-order valence-corrected chi connectivity index (χ1v) is 12.0. The quantitative estimate of drug-likeness (QED) is 0.376. The summed E-state index contributed by atoms with van der Waals surface area (Å²) in [5, 5.41) is 12.6. The van der Waals surface area contributed by atoms with Crippen LogP contribution in [0.15, 0.2) is 90.3 Å². The molecule has 1 N–H and O–H groups in total. The van der Waals surface area contributed by atoms with Crippen LogP contribution in [-0.4, -0.2) is 30.9 Å². The van der Waals surface area contributed by atoms with Gasteiger partial charge in [-0.2, -0.15) is 0 Å². The lowest BCUT2D eigenvalue weighted by atomic mass is 9.98. The molecule has 0 bridgehead atoms. The van der Waals surface area contributed by atoms with Crippen LogP contribution in [0.1, 0.15) is 43.0 Å². The Kier molecular flexibility index (Phi) is 6.21. The van der Waals surface area contributed by atoms with Gasteiger partial charge < -0.3 is 5.32 Å². The molecule has 5 rings (SSSR count). The van der Waals surface area contributed by atoms with Crippen LogP contribution in [0.5, 0.6) is 0 Å². The number of rotatable bonds is 8. The van der Waals surface area contributed by atoms with Crippen molar-refractivity contribution in [1.82, 2.24) is 25.1 Å². The molecule has 1 amide bonds. The third-order valence-corrected chi connectivity index (χ3v) is 6.78. The summed E-state index contributed by atoms with van der Waals surface area (Å²) in [6.45, 7) is 1.92.